The summed E-state index contributed by atoms with van der Waals surface area (Å²) in [7, 11) is 0. The Morgan fingerprint density at radius 2 is 2.21 bits per heavy atom. The zero-order valence-corrected chi connectivity index (χ0v) is 6.97. The van der Waals surface area contributed by atoms with E-state index in [-0.39, 0.29) is 17.8 Å². The third kappa shape index (κ3) is 1.67. The van der Waals surface area contributed by atoms with Crippen LogP contribution in [0.4, 0.5) is 13.2 Å². The SMILES string of the molecule is N#Cc1ncc(F)c(C(F)F)c1CN. The molecule has 0 spiro atoms. The van der Waals surface area contributed by atoms with Crippen molar-refractivity contribution in [2.45, 2.75) is 13.0 Å². The molecule has 1 aromatic heterocycles. The van der Waals surface area contributed by atoms with Crippen molar-refractivity contribution < 1.29 is 13.2 Å². The quantitative estimate of drug-likeness (QED) is 0.788. The first kappa shape index (κ1) is 10.5. The second-order valence-electron chi connectivity index (χ2n) is 2.46. The predicted octanol–water partition coefficient (Wildman–Crippen LogP) is 1.49. The minimum absolute atomic E-state index is 0.234. The van der Waals surface area contributed by atoms with Gasteiger partial charge in [0.1, 0.15) is 11.8 Å². The fourth-order valence-electron chi connectivity index (χ4n) is 1.08. The number of nitrogens with zero attached hydrogens (tertiary/aromatic N) is 2. The van der Waals surface area contributed by atoms with Gasteiger partial charge < -0.3 is 5.73 Å². The van der Waals surface area contributed by atoms with E-state index in [1.54, 1.807) is 6.07 Å². The Morgan fingerprint density at radius 3 is 2.64 bits per heavy atom. The minimum Gasteiger partial charge on any atom is -0.326 e. The molecule has 74 valence electrons. The molecule has 14 heavy (non-hydrogen) atoms. The molecule has 0 aliphatic rings. The van der Waals surface area contributed by atoms with Crippen molar-refractivity contribution in [2.24, 2.45) is 5.73 Å². The second kappa shape index (κ2) is 4.07. The summed E-state index contributed by atoms with van der Waals surface area (Å²) in [6, 6.07) is 1.58. The lowest BCUT2D eigenvalue weighted by Crippen LogP contribution is -2.09. The lowest BCUT2D eigenvalue weighted by atomic mass is 10.1. The first-order chi connectivity index (χ1) is 6.61. The molecule has 0 bridgehead atoms. The van der Waals surface area contributed by atoms with Crippen LogP contribution in [-0.4, -0.2) is 4.98 Å². The summed E-state index contributed by atoms with van der Waals surface area (Å²) in [6.07, 6.45) is -2.40. The predicted molar refractivity (Wildman–Crippen MR) is 41.8 cm³/mol. The van der Waals surface area contributed by atoms with E-state index in [0.29, 0.717) is 6.20 Å². The molecule has 1 aromatic rings. The zero-order chi connectivity index (χ0) is 10.7. The molecular formula is C8H6F3N3. The number of aromatic nitrogens is 1. The van der Waals surface area contributed by atoms with E-state index in [1.807, 2.05) is 0 Å². The van der Waals surface area contributed by atoms with Crippen LogP contribution in [0.15, 0.2) is 6.20 Å². The molecule has 0 fully saturated rings. The van der Waals surface area contributed by atoms with Gasteiger partial charge in [0.05, 0.1) is 11.8 Å². The van der Waals surface area contributed by atoms with Gasteiger partial charge in [-0.15, -0.1) is 0 Å². The van der Waals surface area contributed by atoms with E-state index in [2.05, 4.69) is 4.98 Å². The molecule has 0 saturated heterocycles. The molecule has 1 rings (SSSR count). The van der Waals surface area contributed by atoms with E-state index in [9.17, 15) is 13.2 Å². The van der Waals surface area contributed by atoms with Gasteiger partial charge >= 0.3 is 0 Å². The van der Waals surface area contributed by atoms with Crippen LogP contribution in [-0.2, 0) is 6.54 Å². The fraction of sp³-hybridized carbons (Fsp3) is 0.250. The number of nitriles is 1. The van der Waals surface area contributed by atoms with E-state index in [4.69, 9.17) is 11.0 Å². The molecule has 1 heterocycles. The number of alkyl halides is 2. The Balaban J connectivity index is 3.45. The van der Waals surface area contributed by atoms with Crippen molar-refractivity contribution in [2.75, 3.05) is 0 Å². The molecule has 0 aromatic carbocycles. The first-order valence-electron chi connectivity index (χ1n) is 3.67. The third-order valence-electron chi connectivity index (χ3n) is 1.70. The van der Waals surface area contributed by atoms with Crippen molar-refractivity contribution >= 4 is 0 Å². The van der Waals surface area contributed by atoms with Crippen LogP contribution in [0.25, 0.3) is 0 Å². The smallest absolute Gasteiger partial charge is 0.267 e. The van der Waals surface area contributed by atoms with Crippen molar-refractivity contribution in [1.82, 2.24) is 4.98 Å². The molecule has 6 heteroatoms. The van der Waals surface area contributed by atoms with Crippen LogP contribution in [0.5, 0.6) is 0 Å². The van der Waals surface area contributed by atoms with Crippen molar-refractivity contribution in [3.05, 3.63) is 28.8 Å². The number of halogens is 3. The Morgan fingerprint density at radius 1 is 1.57 bits per heavy atom. The summed E-state index contributed by atoms with van der Waals surface area (Å²) >= 11 is 0. The number of rotatable bonds is 2. The Bertz CT molecular complexity index is 384. The van der Waals surface area contributed by atoms with Crippen molar-refractivity contribution in [3.8, 4) is 6.07 Å². The minimum atomic E-state index is -3.00. The molecule has 0 radical (unpaired) electrons. The van der Waals surface area contributed by atoms with E-state index >= 15 is 0 Å². The van der Waals surface area contributed by atoms with Crippen LogP contribution >= 0.6 is 0 Å². The summed E-state index contributed by atoms with van der Waals surface area (Å²) < 4.78 is 37.6. The molecule has 2 N–H and O–H groups in total. The van der Waals surface area contributed by atoms with Crippen LogP contribution in [0.3, 0.4) is 0 Å². The molecule has 0 amide bonds. The topological polar surface area (TPSA) is 62.7 Å². The summed E-state index contributed by atoms with van der Waals surface area (Å²) in [5.74, 6) is -1.14. The maximum atomic E-state index is 12.9. The van der Waals surface area contributed by atoms with E-state index in [1.165, 1.54) is 0 Å². The van der Waals surface area contributed by atoms with Gasteiger partial charge in [0.2, 0.25) is 0 Å². The van der Waals surface area contributed by atoms with E-state index < -0.39 is 17.8 Å². The number of nitrogens with two attached hydrogens (primary N) is 1. The lowest BCUT2D eigenvalue weighted by Gasteiger charge is -2.08. The summed E-state index contributed by atoms with van der Waals surface area (Å²) in [5, 5.41) is 8.51. The average Bonchev–Trinajstić information content (AvgIpc) is 2.16. The average molecular weight is 201 g/mol. The molecular weight excluding hydrogens is 195 g/mol. The van der Waals surface area contributed by atoms with Gasteiger partial charge in [0, 0.05) is 12.1 Å². The van der Waals surface area contributed by atoms with Gasteiger partial charge in [-0.25, -0.2) is 18.2 Å². The van der Waals surface area contributed by atoms with Gasteiger partial charge in [0.15, 0.2) is 5.82 Å². The number of hydrogen-bond donors (Lipinski definition) is 1. The summed E-state index contributed by atoms with van der Waals surface area (Å²) in [5.41, 5.74) is 3.81. The van der Waals surface area contributed by atoms with Gasteiger partial charge in [0.25, 0.3) is 6.43 Å². The van der Waals surface area contributed by atoms with E-state index in [0.717, 1.165) is 0 Å². The van der Waals surface area contributed by atoms with Crippen LogP contribution < -0.4 is 5.73 Å². The van der Waals surface area contributed by atoms with Crippen LogP contribution in [0.2, 0.25) is 0 Å². The standard InChI is InChI=1S/C8H6F3N3/c9-5-3-14-6(2-13)4(1-12)7(5)8(10)11/h3,8H,1,12H2. The maximum Gasteiger partial charge on any atom is 0.267 e. The van der Waals surface area contributed by atoms with Crippen LogP contribution in [0, 0.1) is 17.1 Å². The molecule has 0 unspecified atom stereocenters. The third-order valence-corrected chi connectivity index (χ3v) is 1.70. The van der Waals surface area contributed by atoms with Crippen molar-refractivity contribution in [3.63, 3.8) is 0 Å². The first-order valence-corrected chi connectivity index (χ1v) is 3.67. The lowest BCUT2D eigenvalue weighted by molar-refractivity contribution is 0.145. The number of hydrogen-bond acceptors (Lipinski definition) is 3. The highest BCUT2D eigenvalue weighted by molar-refractivity contribution is 5.38. The van der Waals surface area contributed by atoms with Crippen molar-refractivity contribution in [1.29, 1.82) is 5.26 Å². The maximum absolute atomic E-state index is 12.9. The fourth-order valence-corrected chi connectivity index (χ4v) is 1.08. The van der Waals surface area contributed by atoms with Crippen LogP contribution in [0.1, 0.15) is 23.2 Å². The van der Waals surface area contributed by atoms with Gasteiger partial charge in [-0.3, -0.25) is 0 Å². The molecule has 0 aliphatic heterocycles. The highest BCUT2D eigenvalue weighted by Crippen LogP contribution is 2.26. The molecule has 0 aliphatic carbocycles. The highest BCUT2D eigenvalue weighted by atomic mass is 19.3. The normalized spacial score (nSPS) is 10.3. The monoisotopic (exact) mass is 201 g/mol. The molecule has 0 saturated carbocycles. The Kier molecular flexibility index (Phi) is 3.04. The largest absolute Gasteiger partial charge is 0.326 e. The molecule has 0 atom stereocenters. The summed E-state index contributed by atoms with van der Waals surface area (Å²) in [6.45, 7) is -0.340. The summed E-state index contributed by atoms with van der Waals surface area (Å²) in [4.78, 5) is 3.36. The second-order valence-corrected chi connectivity index (χ2v) is 2.46. The van der Waals surface area contributed by atoms with Gasteiger partial charge in [-0.1, -0.05) is 0 Å². The zero-order valence-electron chi connectivity index (χ0n) is 6.97. The Labute approximate surface area is 78.0 Å². The Hall–Kier alpha value is -1.61. The highest BCUT2D eigenvalue weighted by Gasteiger charge is 2.21. The number of pyridine rings is 1. The van der Waals surface area contributed by atoms with Gasteiger partial charge in [-0.2, -0.15) is 5.26 Å². The molecule has 3 nitrogen and oxygen atoms in total. The van der Waals surface area contributed by atoms with Gasteiger partial charge in [-0.05, 0) is 0 Å².